The zero-order chi connectivity index (χ0) is 20.7. The number of benzene rings is 3. The first-order chi connectivity index (χ1) is 13.9. The molecule has 3 aromatic carbocycles. The third-order valence-electron chi connectivity index (χ3n) is 4.43. The highest BCUT2D eigenvalue weighted by molar-refractivity contribution is 7.92. The summed E-state index contributed by atoms with van der Waals surface area (Å²) < 4.78 is 25.0. The highest BCUT2D eigenvalue weighted by atomic mass is 32.2. The second kappa shape index (κ2) is 9.47. The highest BCUT2D eigenvalue weighted by Gasteiger charge is 2.03. The van der Waals surface area contributed by atoms with E-state index in [4.69, 9.17) is 0 Å². The van der Waals surface area contributed by atoms with E-state index in [0.717, 1.165) is 35.2 Å². The van der Waals surface area contributed by atoms with Gasteiger partial charge in [-0.3, -0.25) is 4.72 Å². The molecule has 0 atom stereocenters. The van der Waals surface area contributed by atoms with Crippen molar-refractivity contribution >= 4 is 27.1 Å². The standard InChI is InChI=1S/C23H25N3O2S/c1-3-4-5-18-6-12-21(13-7-18)24-25-22-14-8-19(9-15-22)20-10-16-23(17-11-20)26-29(2,27)28/h6-17,26H,3-5H2,1-2H3. The average molecular weight is 408 g/mol. The lowest BCUT2D eigenvalue weighted by Crippen LogP contribution is -2.09. The van der Waals surface area contributed by atoms with Gasteiger partial charge in [-0.15, -0.1) is 0 Å². The van der Waals surface area contributed by atoms with Crippen LogP contribution in [0.15, 0.2) is 83.0 Å². The molecule has 3 rings (SSSR count). The lowest BCUT2D eigenvalue weighted by Gasteiger charge is -2.06. The van der Waals surface area contributed by atoms with Gasteiger partial charge in [0.2, 0.25) is 10.0 Å². The summed E-state index contributed by atoms with van der Waals surface area (Å²) in [5, 5.41) is 8.61. The van der Waals surface area contributed by atoms with Crippen LogP contribution in [-0.4, -0.2) is 14.7 Å². The van der Waals surface area contributed by atoms with Gasteiger partial charge in [-0.1, -0.05) is 49.7 Å². The van der Waals surface area contributed by atoms with Crippen molar-refractivity contribution in [1.82, 2.24) is 0 Å². The van der Waals surface area contributed by atoms with Crippen LogP contribution in [0.25, 0.3) is 11.1 Å². The quantitative estimate of drug-likeness (QED) is 0.434. The molecule has 0 saturated heterocycles. The number of hydrogen-bond acceptors (Lipinski definition) is 4. The van der Waals surface area contributed by atoms with Crippen LogP contribution < -0.4 is 4.72 Å². The number of nitrogens with zero attached hydrogens (tertiary/aromatic N) is 2. The summed E-state index contributed by atoms with van der Waals surface area (Å²) in [4.78, 5) is 0. The van der Waals surface area contributed by atoms with Gasteiger partial charge in [-0.05, 0) is 65.9 Å². The summed E-state index contributed by atoms with van der Waals surface area (Å²) in [6.07, 6.45) is 4.62. The first-order valence-corrected chi connectivity index (χ1v) is 11.5. The monoisotopic (exact) mass is 407 g/mol. The van der Waals surface area contributed by atoms with Crippen LogP contribution in [0.2, 0.25) is 0 Å². The number of aryl methyl sites for hydroxylation is 1. The van der Waals surface area contributed by atoms with Crippen LogP contribution in [0.1, 0.15) is 25.3 Å². The Bertz CT molecular complexity index is 1060. The molecule has 0 aliphatic carbocycles. The molecule has 1 N–H and O–H groups in total. The number of anilines is 1. The van der Waals surface area contributed by atoms with Gasteiger partial charge in [0.1, 0.15) is 0 Å². The molecule has 0 amide bonds. The van der Waals surface area contributed by atoms with E-state index in [1.807, 2.05) is 48.5 Å². The largest absolute Gasteiger partial charge is 0.284 e. The third-order valence-corrected chi connectivity index (χ3v) is 5.03. The number of nitrogens with one attached hydrogen (secondary N) is 1. The maximum Gasteiger partial charge on any atom is 0.229 e. The number of sulfonamides is 1. The summed E-state index contributed by atoms with van der Waals surface area (Å²) >= 11 is 0. The highest BCUT2D eigenvalue weighted by Crippen LogP contribution is 2.25. The fraction of sp³-hybridized carbons (Fsp3) is 0.217. The van der Waals surface area contributed by atoms with E-state index < -0.39 is 10.0 Å². The molecule has 0 bridgehead atoms. The van der Waals surface area contributed by atoms with Crippen molar-refractivity contribution in [3.8, 4) is 11.1 Å². The maximum atomic E-state index is 11.3. The molecule has 0 aliphatic heterocycles. The molecular formula is C23H25N3O2S. The van der Waals surface area contributed by atoms with Crippen molar-refractivity contribution in [2.24, 2.45) is 10.2 Å². The molecule has 0 aliphatic rings. The summed E-state index contributed by atoms with van der Waals surface area (Å²) in [5.41, 5.74) is 5.50. The Labute approximate surface area is 172 Å². The van der Waals surface area contributed by atoms with E-state index in [1.165, 1.54) is 18.4 Å². The van der Waals surface area contributed by atoms with Crippen LogP contribution >= 0.6 is 0 Å². The number of unbranched alkanes of at least 4 members (excludes halogenated alkanes) is 1. The van der Waals surface area contributed by atoms with Crippen LogP contribution in [0, 0.1) is 0 Å². The summed E-state index contributed by atoms with van der Waals surface area (Å²) in [7, 11) is -3.27. The fourth-order valence-electron chi connectivity index (χ4n) is 2.89. The van der Waals surface area contributed by atoms with Crippen LogP contribution in [0.3, 0.4) is 0 Å². The van der Waals surface area contributed by atoms with Gasteiger partial charge in [-0.2, -0.15) is 10.2 Å². The van der Waals surface area contributed by atoms with Crippen molar-refractivity contribution in [2.75, 3.05) is 11.0 Å². The Kier molecular flexibility index (Phi) is 6.77. The Morgan fingerprint density at radius 1 is 0.759 bits per heavy atom. The van der Waals surface area contributed by atoms with Gasteiger partial charge in [0.25, 0.3) is 0 Å². The molecule has 0 spiro atoms. The zero-order valence-corrected chi connectivity index (χ0v) is 17.5. The van der Waals surface area contributed by atoms with Crippen LogP contribution in [0.5, 0.6) is 0 Å². The minimum Gasteiger partial charge on any atom is -0.284 e. The first kappa shape index (κ1) is 20.7. The van der Waals surface area contributed by atoms with Gasteiger partial charge >= 0.3 is 0 Å². The molecule has 0 saturated carbocycles. The van der Waals surface area contributed by atoms with E-state index >= 15 is 0 Å². The Morgan fingerprint density at radius 3 is 1.72 bits per heavy atom. The van der Waals surface area contributed by atoms with Gasteiger partial charge in [0, 0.05) is 5.69 Å². The van der Waals surface area contributed by atoms with E-state index in [1.54, 1.807) is 12.1 Å². The predicted molar refractivity (Wildman–Crippen MR) is 120 cm³/mol. The predicted octanol–water partition coefficient (Wildman–Crippen LogP) is 6.48. The minimum absolute atomic E-state index is 0.544. The summed E-state index contributed by atoms with van der Waals surface area (Å²) in [6.45, 7) is 2.19. The molecule has 5 nitrogen and oxygen atoms in total. The van der Waals surface area contributed by atoms with Crippen LogP contribution in [0.4, 0.5) is 17.1 Å². The van der Waals surface area contributed by atoms with Crippen LogP contribution in [-0.2, 0) is 16.4 Å². The average Bonchev–Trinajstić information content (AvgIpc) is 2.71. The van der Waals surface area contributed by atoms with E-state index in [2.05, 4.69) is 34.0 Å². The smallest absolute Gasteiger partial charge is 0.229 e. The molecule has 0 aromatic heterocycles. The summed E-state index contributed by atoms with van der Waals surface area (Å²) in [5.74, 6) is 0. The van der Waals surface area contributed by atoms with Crippen molar-refractivity contribution in [3.63, 3.8) is 0 Å². The minimum atomic E-state index is -3.27. The molecule has 0 fully saturated rings. The van der Waals surface area contributed by atoms with Gasteiger partial charge in [-0.25, -0.2) is 8.42 Å². The topological polar surface area (TPSA) is 70.9 Å². The number of hydrogen-bond donors (Lipinski definition) is 1. The van der Waals surface area contributed by atoms with Gasteiger partial charge < -0.3 is 0 Å². The van der Waals surface area contributed by atoms with Crippen molar-refractivity contribution < 1.29 is 8.42 Å². The normalized spacial score (nSPS) is 11.7. The molecular weight excluding hydrogens is 382 g/mol. The fourth-order valence-corrected chi connectivity index (χ4v) is 3.46. The lowest BCUT2D eigenvalue weighted by molar-refractivity contribution is 0.607. The van der Waals surface area contributed by atoms with E-state index in [9.17, 15) is 8.42 Å². The van der Waals surface area contributed by atoms with Gasteiger partial charge in [0.15, 0.2) is 0 Å². The molecule has 6 heteroatoms. The Hall–Kier alpha value is -2.99. The second-order valence-corrected chi connectivity index (χ2v) is 8.72. The van der Waals surface area contributed by atoms with E-state index in [0.29, 0.717) is 5.69 Å². The molecule has 29 heavy (non-hydrogen) atoms. The van der Waals surface area contributed by atoms with Crippen molar-refractivity contribution in [1.29, 1.82) is 0 Å². The molecule has 0 heterocycles. The van der Waals surface area contributed by atoms with Gasteiger partial charge in [0.05, 0.1) is 17.6 Å². The SMILES string of the molecule is CCCCc1ccc(N=Nc2ccc(-c3ccc(NS(C)(=O)=O)cc3)cc2)cc1. The van der Waals surface area contributed by atoms with E-state index in [-0.39, 0.29) is 0 Å². The summed E-state index contributed by atoms with van der Waals surface area (Å²) in [6, 6.07) is 23.2. The zero-order valence-electron chi connectivity index (χ0n) is 16.7. The maximum absolute atomic E-state index is 11.3. The number of rotatable bonds is 8. The first-order valence-electron chi connectivity index (χ1n) is 9.62. The third kappa shape index (κ3) is 6.54. The van der Waals surface area contributed by atoms with Crippen molar-refractivity contribution in [3.05, 3.63) is 78.4 Å². The number of azo groups is 1. The van der Waals surface area contributed by atoms with Crippen molar-refractivity contribution in [2.45, 2.75) is 26.2 Å². The molecule has 0 unspecified atom stereocenters. The lowest BCUT2D eigenvalue weighted by atomic mass is 10.1. The molecule has 0 radical (unpaired) electrons. The second-order valence-electron chi connectivity index (χ2n) is 6.97. The molecule has 150 valence electrons. The Morgan fingerprint density at radius 2 is 1.24 bits per heavy atom. The Balaban J connectivity index is 1.64. The molecule has 3 aromatic rings.